The largest absolute Gasteiger partial charge is 0.507 e. The van der Waals surface area contributed by atoms with Crippen molar-refractivity contribution in [3.05, 3.63) is 85.8 Å². The fourth-order valence-electron chi connectivity index (χ4n) is 3.25. The van der Waals surface area contributed by atoms with Crippen molar-refractivity contribution in [2.45, 2.75) is 32.6 Å². The minimum atomic E-state index is -0.834. The number of phenols is 1. The first-order valence-corrected chi connectivity index (χ1v) is 11.8. The molecule has 0 bridgehead atoms. The molecule has 0 atom stereocenters. The Morgan fingerprint density at radius 2 is 1.69 bits per heavy atom. The van der Waals surface area contributed by atoms with Gasteiger partial charge in [-0.1, -0.05) is 56.3 Å². The molecule has 0 saturated carbocycles. The molecule has 0 radical (unpaired) electrons. The number of carbonyl (C=O) groups is 1. The second-order valence-corrected chi connectivity index (χ2v) is 9.44. The summed E-state index contributed by atoms with van der Waals surface area (Å²) < 4.78 is 7.64. The number of ether oxygens (including phenoxy) is 1. The lowest BCUT2D eigenvalue weighted by molar-refractivity contribution is -0.136. The quantitative estimate of drug-likeness (QED) is 0.274. The molecule has 0 spiro atoms. The SMILES string of the molecule is CC(C)c1cc(Oc2c(Br)cc(CCC(=O)O)cc2Br)cc(/C=C/c2ccccc2)c1O. The number of hydrogen-bond donors (Lipinski definition) is 2. The summed E-state index contributed by atoms with van der Waals surface area (Å²) in [5.74, 6) is 0.690. The van der Waals surface area contributed by atoms with Crippen LogP contribution in [0.3, 0.4) is 0 Å². The lowest BCUT2D eigenvalue weighted by Gasteiger charge is -2.16. The van der Waals surface area contributed by atoms with E-state index in [1.54, 1.807) is 6.07 Å². The van der Waals surface area contributed by atoms with E-state index in [-0.39, 0.29) is 18.1 Å². The number of rotatable bonds is 8. The number of aromatic hydroxyl groups is 1. The summed E-state index contributed by atoms with van der Waals surface area (Å²) in [5, 5.41) is 19.7. The molecule has 0 aliphatic carbocycles. The Balaban J connectivity index is 1.95. The predicted octanol–water partition coefficient (Wildman–Crippen LogP) is 8.02. The average Bonchev–Trinajstić information content (AvgIpc) is 2.75. The van der Waals surface area contributed by atoms with Crippen molar-refractivity contribution < 1.29 is 19.7 Å². The third-order valence-electron chi connectivity index (χ3n) is 4.92. The molecule has 4 nitrogen and oxygen atoms in total. The maximum atomic E-state index is 10.9. The van der Waals surface area contributed by atoms with E-state index in [2.05, 4.69) is 31.9 Å². The lowest BCUT2D eigenvalue weighted by atomic mass is 9.98. The fourth-order valence-corrected chi connectivity index (χ4v) is 4.69. The van der Waals surface area contributed by atoms with Gasteiger partial charge in [-0.2, -0.15) is 0 Å². The Labute approximate surface area is 204 Å². The third-order valence-corrected chi connectivity index (χ3v) is 6.10. The molecule has 3 aromatic rings. The third kappa shape index (κ3) is 6.24. The first-order chi connectivity index (χ1) is 15.2. The first kappa shape index (κ1) is 24.1. The second kappa shape index (κ2) is 10.8. The van der Waals surface area contributed by atoms with Gasteiger partial charge in [0.25, 0.3) is 0 Å². The summed E-state index contributed by atoms with van der Waals surface area (Å²) in [6.07, 6.45) is 4.32. The van der Waals surface area contributed by atoms with E-state index in [4.69, 9.17) is 9.84 Å². The molecule has 166 valence electrons. The summed E-state index contributed by atoms with van der Waals surface area (Å²) in [6, 6.07) is 17.3. The van der Waals surface area contributed by atoms with Crippen molar-refractivity contribution in [2.75, 3.05) is 0 Å². The molecule has 0 amide bonds. The van der Waals surface area contributed by atoms with Gasteiger partial charge in [0.15, 0.2) is 5.75 Å². The van der Waals surface area contributed by atoms with Crippen LogP contribution in [0.1, 0.15) is 48.4 Å². The average molecular weight is 560 g/mol. The van der Waals surface area contributed by atoms with E-state index in [9.17, 15) is 9.90 Å². The van der Waals surface area contributed by atoms with Crippen LogP contribution in [-0.2, 0) is 11.2 Å². The molecule has 0 saturated heterocycles. The minimum Gasteiger partial charge on any atom is -0.507 e. The number of benzene rings is 3. The Hall–Kier alpha value is -2.57. The fraction of sp³-hybridized carbons (Fsp3) is 0.192. The summed E-state index contributed by atoms with van der Waals surface area (Å²) in [6.45, 7) is 4.04. The summed E-state index contributed by atoms with van der Waals surface area (Å²) >= 11 is 7.08. The van der Waals surface area contributed by atoms with Crippen LogP contribution in [0.25, 0.3) is 12.2 Å². The van der Waals surface area contributed by atoms with Gasteiger partial charge >= 0.3 is 5.97 Å². The molecule has 0 aliphatic rings. The van der Waals surface area contributed by atoms with Crippen LogP contribution >= 0.6 is 31.9 Å². The summed E-state index contributed by atoms with van der Waals surface area (Å²) in [7, 11) is 0. The van der Waals surface area contributed by atoms with Gasteiger partial charge in [0.05, 0.1) is 8.95 Å². The van der Waals surface area contributed by atoms with E-state index in [1.807, 2.05) is 74.5 Å². The van der Waals surface area contributed by atoms with E-state index >= 15 is 0 Å². The van der Waals surface area contributed by atoms with E-state index < -0.39 is 5.97 Å². The van der Waals surface area contributed by atoms with Crippen LogP contribution in [0, 0.1) is 0 Å². The monoisotopic (exact) mass is 558 g/mol. The van der Waals surface area contributed by atoms with Crippen molar-refractivity contribution in [3.63, 3.8) is 0 Å². The number of phenolic OH excluding ortho intramolecular Hbond substituents is 1. The zero-order chi connectivity index (χ0) is 23.3. The molecule has 3 rings (SSSR count). The molecule has 0 unspecified atom stereocenters. The first-order valence-electron chi connectivity index (χ1n) is 10.2. The zero-order valence-corrected chi connectivity index (χ0v) is 21.0. The van der Waals surface area contributed by atoms with Gasteiger partial charge in [0.2, 0.25) is 0 Å². The van der Waals surface area contributed by atoms with E-state index in [0.717, 1.165) is 16.7 Å². The van der Waals surface area contributed by atoms with E-state index in [0.29, 0.717) is 32.4 Å². The van der Waals surface area contributed by atoms with Crippen LogP contribution in [0.15, 0.2) is 63.5 Å². The van der Waals surface area contributed by atoms with E-state index in [1.165, 1.54) is 0 Å². The predicted molar refractivity (Wildman–Crippen MR) is 135 cm³/mol. The Morgan fingerprint density at radius 1 is 1.03 bits per heavy atom. The van der Waals surface area contributed by atoms with Crippen LogP contribution in [0.4, 0.5) is 0 Å². The molecule has 6 heteroatoms. The van der Waals surface area contributed by atoms with Crippen LogP contribution in [-0.4, -0.2) is 16.2 Å². The highest BCUT2D eigenvalue weighted by molar-refractivity contribution is 9.11. The highest BCUT2D eigenvalue weighted by Crippen LogP contribution is 2.41. The molecule has 32 heavy (non-hydrogen) atoms. The van der Waals surface area contributed by atoms with Crippen molar-refractivity contribution in [3.8, 4) is 17.2 Å². The highest BCUT2D eigenvalue weighted by Gasteiger charge is 2.16. The van der Waals surface area contributed by atoms with Gasteiger partial charge in [-0.15, -0.1) is 0 Å². The van der Waals surface area contributed by atoms with Gasteiger partial charge in [-0.25, -0.2) is 0 Å². The number of aryl methyl sites for hydroxylation is 1. The number of halogens is 2. The van der Waals surface area contributed by atoms with Crippen LogP contribution in [0.2, 0.25) is 0 Å². The lowest BCUT2D eigenvalue weighted by Crippen LogP contribution is -1.98. The van der Waals surface area contributed by atoms with Gasteiger partial charge in [0.1, 0.15) is 11.5 Å². The molecule has 3 aromatic carbocycles. The summed E-state index contributed by atoms with van der Waals surface area (Å²) in [5.41, 5.74) is 3.38. The Morgan fingerprint density at radius 3 is 2.28 bits per heavy atom. The smallest absolute Gasteiger partial charge is 0.303 e. The molecule has 0 aromatic heterocycles. The van der Waals surface area contributed by atoms with Crippen molar-refractivity contribution in [1.29, 1.82) is 0 Å². The standard InChI is InChI=1S/C26H24Br2O4/c1-16(2)21-15-20(14-19(25(21)31)10-8-17-6-4-3-5-7-17)32-26-22(27)12-18(13-23(26)28)9-11-24(29)30/h3-8,10,12-16,31H,9,11H2,1-2H3,(H,29,30)/b10-8+. The van der Waals surface area contributed by atoms with Crippen molar-refractivity contribution in [2.24, 2.45) is 0 Å². The van der Waals surface area contributed by atoms with Gasteiger partial charge in [-0.3, -0.25) is 4.79 Å². The highest BCUT2D eigenvalue weighted by atomic mass is 79.9. The topological polar surface area (TPSA) is 66.8 Å². The molecule has 0 aliphatic heterocycles. The Bertz CT molecular complexity index is 1120. The molecular formula is C26H24Br2O4. The zero-order valence-electron chi connectivity index (χ0n) is 17.8. The van der Waals surface area contributed by atoms with Gasteiger partial charge in [0, 0.05) is 17.5 Å². The number of carboxylic acid groups (broad SMARTS) is 1. The number of aliphatic carboxylic acids is 1. The normalized spacial score (nSPS) is 11.3. The maximum absolute atomic E-state index is 10.9. The summed E-state index contributed by atoms with van der Waals surface area (Å²) in [4.78, 5) is 10.9. The minimum absolute atomic E-state index is 0.0614. The molecule has 2 N–H and O–H groups in total. The van der Waals surface area contributed by atoms with Crippen molar-refractivity contribution >= 4 is 50.0 Å². The Kier molecular flexibility index (Phi) is 8.15. The van der Waals surface area contributed by atoms with Crippen molar-refractivity contribution in [1.82, 2.24) is 0 Å². The maximum Gasteiger partial charge on any atom is 0.303 e. The molecular weight excluding hydrogens is 536 g/mol. The van der Waals surface area contributed by atoms with Crippen LogP contribution < -0.4 is 4.74 Å². The van der Waals surface area contributed by atoms with Gasteiger partial charge < -0.3 is 14.9 Å². The number of hydrogen-bond acceptors (Lipinski definition) is 3. The second-order valence-electron chi connectivity index (χ2n) is 7.73. The molecule has 0 heterocycles. The number of carboxylic acids is 1. The van der Waals surface area contributed by atoms with Crippen LogP contribution in [0.5, 0.6) is 17.2 Å². The molecule has 0 fully saturated rings. The van der Waals surface area contributed by atoms with Gasteiger partial charge in [-0.05, 0) is 79.6 Å².